The van der Waals surface area contributed by atoms with E-state index in [4.69, 9.17) is 14.1 Å². The van der Waals surface area contributed by atoms with Gasteiger partial charge in [-0.25, -0.2) is 4.98 Å². The summed E-state index contributed by atoms with van der Waals surface area (Å²) in [6, 6.07) is 47.1. The van der Waals surface area contributed by atoms with Crippen LogP contribution in [0.15, 0.2) is 134 Å². The predicted octanol–water partition coefficient (Wildman–Crippen LogP) is 15.4. The number of para-hydroxylation sites is 1. The molecule has 0 atom stereocenters. The molecule has 2 heterocycles. The minimum absolute atomic E-state index is 0. The number of phenolic OH excluding ortho intramolecular Hbond substituents is 1. The molecule has 8 rings (SSSR count). The molecule has 0 saturated heterocycles. The number of nitrogens with zero attached hydrogens (tertiary/aromatic N) is 3. The molecular formula is C57H58N3OPt-. The van der Waals surface area contributed by atoms with Crippen molar-refractivity contribution >= 4 is 11.0 Å². The van der Waals surface area contributed by atoms with E-state index in [1.165, 1.54) is 11.1 Å². The molecule has 0 fully saturated rings. The van der Waals surface area contributed by atoms with E-state index in [1.807, 2.05) is 24.3 Å². The van der Waals surface area contributed by atoms with Crippen LogP contribution >= 0.6 is 0 Å². The summed E-state index contributed by atoms with van der Waals surface area (Å²) < 4.78 is 25.7. The van der Waals surface area contributed by atoms with Gasteiger partial charge in [0.15, 0.2) is 0 Å². The molecule has 5 heteroatoms. The summed E-state index contributed by atoms with van der Waals surface area (Å²) in [6.07, 6.45) is 1.80. The Bertz CT molecular complexity index is 3010. The molecule has 0 bridgehead atoms. The van der Waals surface area contributed by atoms with E-state index in [0.29, 0.717) is 17.0 Å². The first-order valence-electron chi connectivity index (χ1n) is 22.9. The van der Waals surface area contributed by atoms with Crippen molar-refractivity contribution in [2.24, 2.45) is 0 Å². The number of benzene rings is 6. The fourth-order valence-corrected chi connectivity index (χ4v) is 8.25. The van der Waals surface area contributed by atoms with Crippen molar-refractivity contribution in [1.82, 2.24) is 14.5 Å². The molecule has 0 spiro atoms. The van der Waals surface area contributed by atoms with Crippen molar-refractivity contribution in [1.29, 1.82) is 0 Å². The average Bonchev–Trinajstić information content (AvgIpc) is 3.65. The third kappa shape index (κ3) is 8.73. The first kappa shape index (κ1) is 40.5. The molecule has 4 nitrogen and oxygen atoms in total. The summed E-state index contributed by atoms with van der Waals surface area (Å²) in [5, 5.41) is 12.2. The van der Waals surface area contributed by atoms with Crippen LogP contribution in [0.25, 0.3) is 72.7 Å². The van der Waals surface area contributed by atoms with Crippen LogP contribution in [-0.4, -0.2) is 19.6 Å². The molecule has 0 unspecified atom stereocenters. The monoisotopic (exact) mass is 998 g/mol. The van der Waals surface area contributed by atoms with Crippen LogP contribution in [0.2, 0.25) is 0 Å². The summed E-state index contributed by atoms with van der Waals surface area (Å²) in [7, 11) is 0. The van der Waals surface area contributed by atoms with Crippen LogP contribution in [0.4, 0.5) is 0 Å². The van der Waals surface area contributed by atoms with Gasteiger partial charge in [0.2, 0.25) is 0 Å². The van der Waals surface area contributed by atoms with E-state index in [9.17, 15) is 5.11 Å². The third-order valence-electron chi connectivity index (χ3n) is 11.8. The fourth-order valence-electron chi connectivity index (χ4n) is 8.25. The Balaban J connectivity index is 0.00000630. The molecule has 62 heavy (non-hydrogen) atoms. The SMILES string of the molecule is [2H]C([2H])([2H])c1ccc(-c2ccnc(-c3[c-]c(-c4cccc5c4nc(-c4cc(C(C)C)cc(C(C)C)c4O)n5-c4ccc(-c5ccccc5)c(C(C)(C)C)c4)cc(C(C)(C)C)c3)c2)cc1.[Pt]. The van der Waals surface area contributed by atoms with E-state index in [1.54, 1.807) is 18.3 Å². The fraction of sp³-hybridized carbons (Fsp3) is 0.263. The van der Waals surface area contributed by atoms with Crippen LogP contribution in [-0.2, 0) is 31.9 Å². The average molecular weight is 999 g/mol. The standard InChI is InChI=1S/C57H58N3O.Pt/c1-35(2)41-31-48(36(3)4)54(61)49(32-41)55-59-53-47(18-15-19-52(53)60(55)45-24-25-46(39-16-13-12-14-17-39)50(34-45)57(9,10)11)42-28-43(30-44(29-42)56(6,7)8)51-33-40(26-27-58-51)38-22-20-37(5)21-23-38;/h12-27,29-36,61H,1-11H3;/q-1;/i5D3;. The maximum atomic E-state index is 12.2. The number of aryl methyl sites for hydroxylation is 1. The quantitative estimate of drug-likeness (QED) is 0.154. The Kier molecular flexibility index (Phi) is 11.3. The molecule has 318 valence electrons. The number of aromatic nitrogens is 3. The first-order chi connectivity index (χ1) is 30.2. The number of fused-ring (bicyclic) bond motifs is 1. The van der Waals surface area contributed by atoms with Gasteiger partial charge in [-0.1, -0.05) is 171 Å². The van der Waals surface area contributed by atoms with Gasteiger partial charge in [-0.2, -0.15) is 0 Å². The van der Waals surface area contributed by atoms with E-state index >= 15 is 0 Å². The summed E-state index contributed by atoms with van der Waals surface area (Å²) in [4.78, 5) is 10.4. The molecule has 0 aliphatic carbocycles. The van der Waals surface area contributed by atoms with Gasteiger partial charge in [-0.3, -0.25) is 9.55 Å². The van der Waals surface area contributed by atoms with E-state index in [2.05, 4.69) is 171 Å². The molecule has 0 saturated carbocycles. The molecule has 8 aromatic rings. The summed E-state index contributed by atoms with van der Waals surface area (Å²) in [5.74, 6) is 1.24. The number of phenols is 1. The summed E-state index contributed by atoms with van der Waals surface area (Å²) >= 11 is 0. The second-order valence-corrected chi connectivity index (χ2v) is 19.1. The molecule has 1 N–H and O–H groups in total. The zero-order chi connectivity index (χ0) is 45.9. The molecule has 6 aromatic carbocycles. The zero-order valence-corrected chi connectivity index (χ0v) is 39.7. The van der Waals surface area contributed by atoms with Gasteiger partial charge in [-0.15, -0.1) is 29.3 Å². The summed E-state index contributed by atoms with van der Waals surface area (Å²) in [5.41, 5.74) is 15.2. The molecular weight excluding hydrogens is 938 g/mol. The molecule has 0 amide bonds. The normalized spacial score (nSPS) is 12.9. The Hall–Kier alpha value is -5.57. The van der Waals surface area contributed by atoms with E-state index in [0.717, 1.165) is 72.5 Å². The van der Waals surface area contributed by atoms with Crippen molar-refractivity contribution in [3.05, 3.63) is 167 Å². The Labute approximate surface area is 387 Å². The van der Waals surface area contributed by atoms with E-state index in [-0.39, 0.29) is 49.5 Å². The van der Waals surface area contributed by atoms with Crippen molar-refractivity contribution < 1.29 is 30.3 Å². The zero-order valence-electron chi connectivity index (χ0n) is 40.5. The molecule has 0 aliphatic heterocycles. The largest absolute Gasteiger partial charge is 0.507 e. The van der Waals surface area contributed by atoms with Gasteiger partial charge in [0.1, 0.15) is 11.6 Å². The second kappa shape index (κ2) is 17.3. The Morgan fingerprint density at radius 3 is 2.03 bits per heavy atom. The van der Waals surface area contributed by atoms with Crippen LogP contribution in [0.5, 0.6) is 5.75 Å². The Morgan fingerprint density at radius 1 is 0.645 bits per heavy atom. The van der Waals surface area contributed by atoms with Gasteiger partial charge in [0.25, 0.3) is 0 Å². The smallest absolute Gasteiger partial charge is 0.148 e. The van der Waals surface area contributed by atoms with Crippen LogP contribution < -0.4 is 0 Å². The number of rotatable bonds is 8. The summed E-state index contributed by atoms with van der Waals surface area (Å²) in [6.45, 7) is 19.9. The van der Waals surface area contributed by atoms with Crippen molar-refractivity contribution in [3.63, 3.8) is 0 Å². The second-order valence-electron chi connectivity index (χ2n) is 19.1. The van der Waals surface area contributed by atoms with Gasteiger partial charge in [0, 0.05) is 42.8 Å². The minimum atomic E-state index is -2.17. The first-order valence-corrected chi connectivity index (χ1v) is 21.4. The minimum Gasteiger partial charge on any atom is -0.507 e. The van der Waals surface area contributed by atoms with Crippen molar-refractivity contribution in [2.45, 2.75) is 98.8 Å². The van der Waals surface area contributed by atoms with Gasteiger partial charge in [0.05, 0.1) is 16.6 Å². The third-order valence-corrected chi connectivity index (χ3v) is 11.8. The molecule has 0 radical (unpaired) electrons. The topological polar surface area (TPSA) is 50.9 Å². The van der Waals surface area contributed by atoms with Gasteiger partial charge in [-0.05, 0) is 98.8 Å². The van der Waals surface area contributed by atoms with Gasteiger partial charge >= 0.3 is 0 Å². The Morgan fingerprint density at radius 2 is 1.37 bits per heavy atom. The number of imidazole rings is 1. The van der Waals surface area contributed by atoms with E-state index < -0.39 is 6.85 Å². The molecule has 2 aromatic heterocycles. The predicted molar refractivity (Wildman–Crippen MR) is 257 cm³/mol. The number of hydrogen-bond acceptors (Lipinski definition) is 3. The van der Waals surface area contributed by atoms with Crippen LogP contribution in [0, 0.1) is 12.9 Å². The number of hydrogen-bond donors (Lipinski definition) is 1. The van der Waals surface area contributed by atoms with Crippen LogP contribution in [0.3, 0.4) is 0 Å². The maximum absolute atomic E-state index is 12.2. The van der Waals surface area contributed by atoms with Gasteiger partial charge < -0.3 is 5.11 Å². The van der Waals surface area contributed by atoms with Crippen molar-refractivity contribution in [2.75, 3.05) is 0 Å². The number of aromatic hydroxyl groups is 1. The number of pyridine rings is 1. The van der Waals surface area contributed by atoms with Crippen molar-refractivity contribution in [3.8, 4) is 67.5 Å². The van der Waals surface area contributed by atoms with Crippen LogP contribution in [0.1, 0.15) is 113 Å². The maximum Gasteiger partial charge on any atom is 0.148 e. The molecule has 0 aliphatic rings.